The average Bonchev–Trinajstić information content (AvgIpc) is 2.84. The molecule has 4 fully saturated rings. The van der Waals surface area contributed by atoms with Crippen LogP contribution in [0.2, 0.25) is 0 Å². The molecule has 3 heterocycles. The maximum Gasteiger partial charge on any atom is 0.0244 e. The van der Waals surface area contributed by atoms with Crippen molar-refractivity contribution in [1.29, 1.82) is 0 Å². The van der Waals surface area contributed by atoms with E-state index in [0.29, 0.717) is 0 Å². The molecule has 0 N–H and O–H groups in total. The first-order valence-corrected chi connectivity index (χ1v) is 5.77. The van der Waals surface area contributed by atoms with Crippen molar-refractivity contribution in [2.45, 2.75) is 57.3 Å². The predicted molar refractivity (Wildman–Crippen MR) is 53.8 cm³/mol. The van der Waals surface area contributed by atoms with E-state index in [0.717, 1.165) is 24.2 Å². The van der Waals surface area contributed by atoms with Gasteiger partial charge in [-0.1, -0.05) is 0 Å². The minimum Gasteiger partial charge on any atom is -0.297 e. The van der Waals surface area contributed by atoms with Crippen LogP contribution in [0.3, 0.4) is 0 Å². The van der Waals surface area contributed by atoms with Crippen molar-refractivity contribution >= 4 is 0 Å². The molecule has 3 aliphatic heterocycles. The van der Waals surface area contributed by atoms with Crippen molar-refractivity contribution in [3.63, 3.8) is 0 Å². The van der Waals surface area contributed by atoms with Crippen LogP contribution in [-0.4, -0.2) is 47.1 Å². The lowest BCUT2D eigenvalue weighted by molar-refractivity contribution is -0.0901. The van der Waals surface area contributed by atoms with E-state index in [9.17, 15) is 0 Å². The molecule has 74 valence electrons. The zero-order valence-corrected chi connectivity index (χ0v) is 8.74. The summed E-state index contributed by atoms with van der Waals surface area (Å²) in [5.41, 5.74) is 0. The van der Waals surface area contributed by atoms with Crippen LogP contribution in [-0.2, 0) is 0 Å². The molecule has 0 aromatic rings. The fourth-order valence-corrected chi connectivity index (χ4v) is 3.25. The molecule has 1 saturated carbocycles. The Morgan fingerprint density at radius 1 is 1.00 bits per heavy atom. The molecule has 2 heteroatoms. The highest BCUT2D eigenvalue weighted by molar-refractivity contribution is 5.04. The van der Waals surface area contributed by atoms with E-state index in [-0.39, 0.29) is 0 Å². The highest BCUT2D eigenvalue weighted by Gasteiger charge is 2.48. The Labute approximate surface area is 80.9 Å². The Balaban J connectivity index is 1.64. The van der Waals surface area contributed by atoms with E-state index in [1.165, 1.54) is 32.4 Å². The van der Waals surface area contributed by atoms with E-state index < -0.39 is 0 Å². The summed E-state index contributed by atoms with van der Waals surface area (Å²) in [7, 11) is 0. The number of piperidine rings is 1. The van der Waals surface area contributed by atoms with Crippen LogP contribution in [0.1, 0.15) is 33.1 Å². The summed E-state index contributed by atoms with van der Waals surface area (Å²) < 4.78 is 0. The van der Waals surface area contributed by atoms with Gasteiger partial charge in [0, 0.05) is 37.3 Å². The number of piperazine rings is 1. The zero-order chi connectivity index (χ0) is 9.00. The van der Waals surface area contributed by atoms with Crippen LogP contribution < -0.4 is 0 Å². The van der Waals surface area contributed by atoms with Gasteiger partial charge in [-0.25, -0.2) is 0 Å². The maximum absolute atomic E-state index is 2.73. The maximum atomic E-state index is 2.73. The smallest absolute Gasteiger partial charge is 0.0244 e. The summed E-state index contributed by atoms with van der Waals surface area (Å²) in [6, 6.07) is 3.56. The molecule has 1 aliphatic carbocycles. The largest absolute Gasteiger partial charge is 0.297 e. The minimum atomic E-state index is 0.769. The summed E-state index contributed by atoms with van der Waals surface area (Å²) in [5, 5.41) is 0. The van der Waals surface area contributed by atoms with Crippen LogP contribution in [0.4, 0.5) is 0 Å². The molecule has 2 bridgehead atoms. The molecule has 4 rings (SSSR count). The monoisotopic (exact) mass is 180 g/mol. The fourth-order valence-electron chi connectivity index (χ4n) is 3.25. The van der Waals surface area contributed by atoms with Gasteiger partial charge >= 0.3 is 0 Å². The van der Waals surface area contributed by atoms with Crippen LogP contribution in [0, 0.1) is 0 Å². The van der Waals surface area contributed by atoms with Crippen LogP contribution >= 0.6 is 0 Å². The van der Waals surface area contributed by atoms with Gasteiger partial charge in [0.15, 0.2) is 0 Å². The van der Waals surface area contributed by atoms with Crippen molar-refractivity contribution in [1.82, 2.24) is 9.80 Å². The molecule has 0 amide bonds. The second kappa shape index (κ2) is 2.71. The van der Waals surface area contributed by atoms with Gasteiger partial charge in [-0.2, -0.15) is 0 Å². The van der Waals surface area contributed by atoms with Crippen LogP contribution in [0.5, 0.6) is 0 Å². The van der Waals surface area contributed by atoms with Crippen molar-refractivity contribution in [2.75, 3.05) is 13.1 Å². The third-order valence-electron chi connectivity index (χ3n) is 3.94. The molecular formula is C11H20N2. The van der Waals surface area contributed by atoms with Crippen molar-refractivity contribution in [3.05, 3.63) is 0 Å². The molecule has 0 radical (unpaired) electrons. The Morgan fingerprint density at radius 3 is 2.08 bits per heavy atom. The predicted octanol–water partition coefficient (Wildman–Crippen LogP) is 1.32. The highest BCUT2D eigenvalue weighted by atomic mass is 15.4. The van der Waals surface area contributed by atoms with Gasteiger partial charge < -0.3 is 0 Å². The quantitative estimate of drug-likeness (QED) is 0.632. The first kappa shape index (κ1) is 8.25. The summed E-state index contributed by atoms with van der Waals surface area (Å²) in [4.78, 5) is 5.45. The second-order valence-corrected chi connectivity index (χ2v) is 5.27. The van der Waals surface area contributed by atoms with Crippen molar-refractivity contribution in [2.24, 2.45) is 0 Å². The SMILES string of the molecule is CC(C)N1C2CC1CN(C1CC1)C2. The molecule has 0 aromatic heterocycles. The lowest BCUT2D eigenvalue weighted by atomic mass is 9.86. The van der Waals surface area contributed by atoms with Gasteiger partial charge in [0.1, 0.15) is 0 Å². The first-order chi connectivity index (χ1) is 6.25. The number of nitrogens with zero attached hydrogens (tertiary/aromatic N) is 2. The van der Waals surface area contributed by atoms with E-state index >= 15 is 0 Å². The topological polar surface area (TPSA) is 6.48 Å². The zero-order valence-electron chi connectivity index (χ0n) is 8.74. The van der Waals surface area contributed by atoms with E-state index in [4.69, 9.17) is 0 Å². The Morgan fingerprint density at radius 2 is 1.62 bits per heavy atom. The molecule has 0 spiro atoms. The van der Waals surface area contributed by atoms with Gasteiger partial charge in [-0.15, -0.1) is 0 Å². The van der Waals surface area contributed by atoms with Crippen molar-refractivity contribution in [3.8, 4) is 0 Å². The summed E-state index contributed by atoms with van der Waals surface area (Å²) in [6.07, 6.45) is 4.42. The Hall–Kier alpha value is -0.0800. The summed E-state index contributed by atoms with van der Waals surface area (Å²) >= 11 is 0. The molecule has 0 aromatic carbocycles. The summed E-state index contributed by atoms with van der Waals surface area (Å²) in [6.45, 7) is 7.40. The van der Waals surface area contributed by atoms with Gasteiger partial charge in [0.25, 0.3) is 0 Å². The third-order valence-corrected chi connectivity index (χ3v) is 3.94. The Kier molecular flexibility index (Phi) is 1.72. The first-order valence-electron chi connectivity index (χ1n) is 5.77. The number of fused-ring (bicyclic) bond motifs is 2. The third kappa shape index (κ3) is 1.23. The van der Waals surface area contributed by atoms with E-state index in [2.05, 4.69) is 23.6 Å². The van der Waals surface area contributed by atoms with E-state index in [1.807, 2.05) is 0 Å². The standard InChI is InChI=1S/C11H20N2/c1-8(2)13-10-5-11(13)7-12(6-10)9-3-4-9/h8-11H,3-7H2,1-2H3. The van der Waals surface area contributed by atoms with Gasteiger partial charge in [0.05, 0.1) is 0 Å². The van der Waals surface area contributed by atoms with Gasteiger partial charge in [-0.3, -0.25) is 9.80 Å². The van der Waals surface area contributed by atoms with Gasteiger partial charge in [0.2, 0.25) is 0 Å². The van der Waals surface area contributed by atoms with E-state index in [1.54, 1.807) is 0 Å². The lowest BCUT2D eigenvalue weighted by Crippen LogP contribution is -2.70. The summed E-state index contributed by atoms with van der Waals surface area (Å²) in [5.74, 6) is 0. The van der Waals surface area contributed by atoms with Crippen LogP contribution in [0.15, 0.2) is 0 Å². The lowest BCUT2D eigenvalue weighted by Gasteiger charge is -2.58. The number of hydrogen-bond donors (Lipinski definition) is 0. The average molecular weight is 180 g/mol. The molecule has 13 heavy (non-hydrogen) atoms. The molecular weight excluding hydrogens is 160 g/mol. The number of rotatable bonds is 2. The highest BCUT2D eigenvalue weighted by Crippen LogP contribution is 2.38. The molecule has 2 atom stereocenters. The molecule has 2 nitrogen and oxygen atoms in total. The van der Waals surface area contributed by atoms with Crippen molar-refractivity contribution < 1.29 is 0 Å². The molecule has 3 saturated heterocycles. The fraction of sp³-hybridized carbons (Fsp3) is 1.00. The normalized spacial score (nSPS) is 40.8. The number of hydrogen-bond acceptors (Lipinski definition) is 2. The molecule has 4 aliphatic rings. The Bertz CT molecular complexity index is 198. The minimum absolute atomic E-state index is 0.769. The second-order valence-electron chi connectivity index (χ2n) is 5.27. The van der Waals surface area contributed by atoms with Gasteiger partial charge in [-0.05, 0) is 33.1 Å². The van der Waals surface area contributed by atoms with Crippen LogP contribution in [0.25, 0.3) is 0 Å². The molecule has 2 unspecified atom stereocenters.